The Morgan fingerprint density at radius 3 is 2.91 bits per heavy atom. The molecule has 0 spiro atoms. The lowest BCUT2D eigenvalue weighted by atomic mass is 10.1. The molecule has 11 heavy (non-hydrogen) atoms. The van der Waals surface area contributed by atoms with Crippen molar-refractivity contribution >= 4 is 0 Å². The molecule has 0 aromatic carbocycles. The van der Waals surface area contributed by atoms with E-state index in [-0.39, 0.29) is 0 Å². The Bertz CT molecular complexity index is 220. The predicted octanol–water partition coefficient (Wildman–Crippen LogP) is 1.65. The van der Waals surface area contributed by atoms with E-state index in [1.54, 1.807) is 6.20 Å². The second kappa shape index (κ2) is 3.53. The summed E-state index contributed by atoms with van der Waals surface area (Å²) in [5, 5.41) is 0. The highest BCUT2D eigenvalue weighted by Crippen LogP contribution is 2.18. The quantitative estimate of drug-likeness (QED) is 0.720. The van der Waals surface area contributed by atoms with Crippen LogP contribution in [-0.2, 0) is 6.54 Å². The maximum absolute atomic E-state index is 5.35. The third-order valence-electron chi connectivity index (χ3n) is 1.84. The third-order valence-corrected chi connectivity index (χ3v) is 1.84. The van der Waals surface area contributed by atoms with Crippen LogP contribution in [-0.4, -0.2) is 4.98 Å². The Morgan fingerprint density at radius 2 is 2.45 bits per heavy atom. The maximum Gasteiger partial charge on any atom is 0.208 e. The predicted molar refractivity (Wildman–Crippen MR) is 43.1 cm³/mol. The fourth-order valence-electron chi connectivity index (χ4n) is 0.848. The first-order valence-electron chi connectivity index (χ1n) is 3.92. The van der Waals surface area contributed by atoms with Gasteiger partial charge < -0.3 is 10.2 Å². The standard InChI is InChI=1S/C8H14N2O/c1-3-6(2)7-5-10-8(4-9)11-7/h5-6H,3-4,9H2,1-2H3. The van der Waals surface area contributed by atoms with Gasteiger partial charge in [0.25, 0.3) is 0 Å². The lowest BCUT2D eigenvalue weighted by Gasteiger charge is -2.01. The molecule has 3 heteroatoms. The number of aromatic nitrogens is 1. The smallest absolute Gasteiger partial charge is 0.208 e. The maximum atomic E-state index is 5.35. The fraction of sp³-hybridized carbons (Fsp3) is 0.625. The Hall–Kier alpha value is -0.830. The average molecular weight is 154 g/mol. The molecule has 0 aliphatic carbocycles. The molecule has 3 nitrogen and oxygen atoms in total. The monoisotopic (exact) mass is 154 g/mol. The number of nitrogens with zero attached hydrogens (tertiary/aromatic N) is 1. The molecule has 2 N–H and O–H groups in total. The highest BCUT2D eigenvalue weighted by molar-refractivity contribution is 4.99. The van der Waals surface area contributed by atoms with Crippen LogP contribution in [0.25, 0.3) is 0 Å². The van der Waals surface area contributed by atoms with Gasteiger partial charge in [-0.05, 0) is 6.42 Å². The van der Waals surface area contributed by atoms with Gasteiger partial charge in [0.1, 0.15) is 5.76 Å². The first kappa shape index (κ1) is 8.27. The summed E-state index contributed by atoms with van der Waals surface area (Å²) in [6.45, 7) is 4.62. The van der Waals surface area contributed by atoms with Crippen molar-refractivity contribution in [3.63, 3.8) is 0 Å². The van der Waals surface area contributed by atoms with Crippen LogP contribution >= 0.6 is 0 Å². The Kier molecular flexibility index (Phi) is 2.65. The molecular formula is C8H14N2O. The number of rotatable bonds is 3. The third kappa shape index (κ3) is 1.80. The molecule has 1 atom stereocenters. The van der Waals surface area contributed by atoms with Gasteiger partial charge in [0.2, 0.25) is 5.89 Å². The molecule has 0 saturated heterocycles. The van der Waals surface area contributed by atoms with Crippen LogP contribution < -0.4 is 5.73 Å². The summed E-state index contributed by atoms with van der Waals surface area (Å²) in [7, 11) is 0. The molecule has 0 fully saturated rings. The van der Waals surface area contributed by atoms with Crippen molar-refractivity contribution in [1.29, 1.82) is 0 Å². The minimum absolute atomic E-state index is 0.385. The molecule has 1 aromatic heterocycles. The molecule has 1 unspecified atom stereocenters. The van der Waals surface area contributed by atoms with E-state index < -0.39 is 0 Å². The normalized spacial score (nSPS) is 13.4. The van der Waals surface area contributed by atoms with Crippen molar-refractivity contribution in [2.24, 2.45) is 5.73 Å². The van der Waals surface area contributed by atoms with E-state index in [9.17, 15) is 0 Å². The summed E-state index contributed by atoms with van der Waals surface area (Å²) >= 11 is 0. The van der Waals surface area contributed by atoms with Crippen LogP contribution in [0.4, 0.5) is 0 Å². The van der Waals surface area contributed by atoms with Crippen molar-refractivity contribution in [3.8, 4) is 0 Å². The minimum atomic E-state index is 0.385. The molecule has 0 aliphatic rings. The van der Waals surface area contributed by atoms with Gasteiger partial charge in [-0.15, -0.1) is 0 Å². The summed E-state index contributed by atoms with van der Waals surface area (Å²) in [6.07, 6.45) is 2.83. The van der Waals surface area contributed by atoms with E-state index in [0.29, 0.717) is 18.4 Å². The van der Waals surface area contributed by atoms with Crippen LogP contribution in [0.3, 0.4) is 0 Å². The largest absolute Gasteiger partial charge is 0.444 e. The molecule has 62 valence electrons. The lowest BCUT2D eigenvalue weighted by Crippen LogP contribution is -1.95. The van der Waals surface area contributed by atoms with E-state index in [2.05, 4.69) is 18.8 Å². The van der Waals surface area contributed by atoms with Gasteiger partial charge >= 0.3 is 0 Å². The van der Waals surface area contributed by atoms with E-state index in [1.807, 2.05) is 0 Å². The Labute approximate surface area is 66.6 Å². The van der Waals surface area contributed by atoms with E-state index in [0.717, 1.165) is 12.2 Å². The molecule has 0 aliphatic heterocycles. The molecule has 1 rings (SSSR count). The fourth-order valence-corrected chi connectivity index (χ4v) is 0.848. The second-order valence-corrected chi connectivity index (χ2v) is 2.67. The second-order valence-electron chi connectivity index (χ2n) is 2.67. The van der Waals surface area contributed by atoms with E-state index in [4.69, 9.17) is 10.2 Å². The van der Waals surface area contributed by atoms with Crippen molar-refractivity contribution in [2.45, 2.75) is 32.7 Å². The van der Waals surface area contributed by atoms with Gasteiger partial charge in [-0.2, -0.15) is 0 Å². The van der Waals surface area contributed by atoms with Crippen LogP contribution in [0.2, 0.25) is 0 Å². The molecule has 0 radical (unpaired) electrons. The molecule has 1 heterocycles. The summed E-state index contributed by atoms with van der Waals surface area (Å²) in [5.74, 6) is 2.01. The zero-order valence-electron chi connectivity index (χ0n) is 7.00. The van der Waals surface area contributed by atoms with Crippen LogP contribution in [0.15, 0.2) is 10.6 Å². The summed E-state index contributed by atoms with van der Waals surface area (Å²) < 4.78 is 5.35. The summed E-state index contributed by atoms with van der Waals surface area (Å²) in [6, 6.07) is 0. The highest BCUT2D eigenvalue weighted by Gasteiger charge is 2.08. The summed E-state index contributed by atoms with van der Waals surface area (Å²) in [4.78, 5) is 4.01. The average Bonchev–Trinajstić information content (AvgIpc) is 2.50. The number of oxazole rings is 1. The Balaban J connectivity index is 2.71. The summed E-state index contributed by atoms with van der Waals surface area (Å²) in [5.41, 5.74) is 5.35. The van der Waals surface area contributed by atoms with Gasteiger partial charge in [-0.1, -0.05) is 13.8 Å². The first-order valence-corrected chi connectivity index (χ1v) is 3.92. The van der Waals surface area contributed by atoms with Crippen LogP contribution in [0, 0.1) is 0 Å². The van der Waals surface area contributed by atoms with Gasteiger partial charge in [-0.25, -0.2) is 4.98 Å². The lowest BCUT2D eigenvalue weighted by molar-refractivity contribution is 0.429. The number of hydrogen-bond donors (Lipinski definition) is 1. The van der Waals surface area contributed by atoms with Gasteiger partial charge in [-0.3, -0.25) is 0 Å². The van der Waals surface area contributed by atoms with Crippen LogP contribution in [0.1, 0.15) is 37.8 Å². The zero-order chi connectivity index (χ0) is 8.27. The van der Waals surface area contributed by atoms with Crippen LogP contribution in [0.5, 0.6) is 0 Å². The zero-order valence-corrected chi connectivity index (χ0v) is 7.00. The topological polar surface area (TPSA) is 52.0 Å². The SMILES string of the molecule is CCC(C)c1cnc(CN)o1. The molecular weight excluding hydrogens is 140 g/mol. The van der Waals surface area contributed by atoms with Crippen molar-refractivity contribution in [3.05, 3.63) is 17.8 Å². The van der Waals surface area contributed by atoms with E-state index >= 15 is 0 Å². The Morgan fingerprint density at radius 1 is 1.73 bits per heavy atom. The van der Waals surface area contributed by atoms with Gasteiger partial charge in [0.15, 0.2) is 0 Å². The molecule has 0 amide bonds. The van der Waals surface area contributed by atoms with Gasteiger partial charge in [0.05, 0.1) is 12.7 Å². The first-order chi connectivity index (χ1) is 5.27. The molecule has 1 aromatic rings. The van der Waals surface area contributed by atoms with E-state index in [1.165, 1.54) is 0 Å². The van der Waals surface area contributed by atoms with Gasteiger partial charge in [0, 0.05) is 5.92 Å². The van der Waals surface area contributed by atoms with Crippen molar-refractivity contribution < 1.29 is 4.42 Å². The number of nitrogens with two attached hydrogens (primary N) is 1. The number of hydrogen-bond acceptors (Lipinski definition) is 3. The minimum Gasteiger partial charge on any atom is -0.444 e. The highest BCUT2D eigenvalue weighted by atomic mass is 16.4. The van der Waals surface area contributed by atoms with Crippen molar-refractivity contribution in [2.75, 3.05) is 0 Å². The molecule has 0 bridgehead atoms. The molecule has 0 saturated carbocycles. The van der Waals surface area contributed by atoms with Crippen molar-refractivity contribution in [1.82, 2.24) is 4.98 Å².